The standard InChI is InChI=1S/C13H25N3O2/c1-10-9-15(2)6-7-16(10)11-4-5-13(14,8-11)12(17)18-3/h10-11H,4-9,14H2,1-3H3. The number of likely N-dealkylation sites (N-methyl/N-ethyl adjacent to an activating group) is 1. The highest BCUT2D eigenvalue weighted by Gasteiger charge is 2.45. The first kappa shape index (κ1) is 13.8. The molecule has 0 aromatic rings. The number of piperazine rings is 1. The molecule has 1 aliphatic heterocycles. The molecule has 3 atom stereocenters. The van der Waals surface area contributed by atoms with Crippen molar-refractivity contribution in [2.45, 2.75) is 43.8 Å². The summed E-state index contributed by atoms with van der Waals surface area (Å²) in [4.78, 5) is 16.6. The van der Waals surface area contributed by atoms with Gasteiger partial charge in [0.05, 0.1) is 7.11 Å². The van der Waals surface area contributed by atoms with Crippen molar-refractivity contribution in [1.29, 1.82) is 0 Å². The molecule has 5 nitrogen and oxygen atoms in total. The molecule has 2 rings (SSSR count). The fraction of sp³-hybridized carbons (Fsp3) is 0.923. The number of carbonyl (C=O) groups excluding carboxylic acids is 1. The van der Waals surface area contributed by atoms with Crippen molar-refractivity contribution in [3.8, 4) is 0 Å². The molecule has 2 N–H and O–H groups in total. The van der Waals surface area contributed by atoms with Crippen molar-refractivity contribution >= 4 is 5.97 Å². The minimum Gasteiger partial charge on any atom is -0.468 e. The topological polar surface area (TPSA) is 58.8 Å². The zero-order chi connectivity index (χ0) is 13.3. The number of esters is 1. The van der Waals surface area contributed by atoms with Crippen molar-refractivity contribution in [2.75, 3.05) is 33.8 Å². The Hall–Kier alpha value is -0.650. The molecular formula is C13H25N3O2. The second-order valence-electron chi connectivity index (χ2n) is 5.89. The van der Waals surface area contributed by atoms with Gasteiger partial charge in [-0.25, -0.2) is 0 Å². The summed E-state index contributed by atoms with van der Waals surface area (Å²) in [7, 11) is 3.58. The summed E-state index contributed by atoms with van der Waals surface area (Å²) in [6.45, 7) is 5.51. The lowest BCUT2D eigenvalue weighted by Gasteiger charge is -2.42. The van der Waals surface area contributed by atoms with Crippen LogP contribution < -0.4 is 5.73 Å². The number of hydrogen-bond acceptors (Lipinski definition) is 5. The first-order chi connectivity index (χ1) is 8.46. The second-order valence-corrected chi connectivity index (χ2v) is 5.89. The molecule has 0 aromatic carbocycles. The van der Waals surface area contributed by atoms with Crippen LogP contribution in [0.2, 0.25) is 0 Å². The summed E-state index contributed by atoms with van der Waals surface area (Å²) >= 11 is 0. The van der Waals surface area contributed by atoms with Crippen LogP contribution in [0.5, 0.6) is 0 Å². The van der Waals surface area contributed by atoms with Gasteiger partial charge in [0.1, 0.15) is 5.54 Å². The van der Waals surface area contributed by atoms with Crippen LogP contribution in [-0.2, 0) is 9.53 Å². The van der Waals surface area contributed by atoms with Crippen LogP contribution in [0.1, 0.15) is 26.2 Å². The SMILES string of the molecule is COC(=O)C1(N)CCC(N2CCN(C)CC2C)C1. The van der Waals surface area contributed by atoms with Crippen LogP contribution in [0.15, 0.2) is 0 Å². The minimum absolute atomic E-state index is 0.258. The van der Waals surface area contributed by atoms with Crippen molar-refractivity contribution in [3.05, 3.63) is 0 Å². The third-order valence-corrected chi connectivity index (χ3v) is 4.47. The molecule has 0 amide bonds. The van der Waals surface area contributed by atoms with Crippen LogP contribution in [0.3, 0.4) is 0 Å². The average Bonchev–Trinajstić information content (AvgIpc) is 2.72. The number of methoxy groups -OCH3 is 1. The Labute approximate surface area is 109 Å². The number of rotatable bonds is 2. The van der Waals surface area contributed by atoms with Gasteiger partial charge in [-0.3, -0.25) is 9.69 Å². The Morgan fingerprint density at radius 2 is 2.17 bits per heavy atom. The maximum atomic E-state index is 11.7. The molecule has 2 fully saturated rings. The summed E-state index contributed by atoms with van der Waals surface area (Å²) in [6.07, 6.45) is 2.47. The van der Waals surface area contributed by atoms with E-state index in [0.29, 0.717) is 12.1 Å². The fourth-order valence-electron chi connectivity index (χ4n) is 3.42. The largest absolute Gasteiger partial charge is 0.468 e. The smallest absolute Gasteiger partial charge is 0.325 e. The zero-order valence-corrected chi connectivity index (χ0v) is 11.7. The van der Waals surface area contributed by atoms with Crippen LogP contribution in [0.25, 0.3) is 0 Å². The molecule has 1 heterocycles. The lowest BCUT2D eigenvalue weighted by atomic mass is 9.98. The Bertz CT molecular complexity index is 323. The van der Waals surface area contributed by atoms with Crippen LogP contribution in [-0.4, -0.2) is 67.2 Å². The number of carbonyl (C=O) groups is 1. The normalized spacial score (nSPS) is 38.9. The Kier molecular flexibility index (Phi) is 3.94. The van der Waals surface area contributed by atoms with E-state index in [1.54, 1.807) is 0 Å². The molecule has 0 bridgehead atoms. The van der Waals surface area contributed by atoms with Gasteiger partial charge in [0.15, 0.2) is 0 Å². The van der Waals surface area contributed by atoms with Gasteiger partial charge in [-0.1, -0.05) is 0 Å². The van der Waals surface area contributed by atoms with Crippen molar-refractivity contribution in [1.82, 2.24) is 9.80 Å². The first-order valence-electron chi connectivity index (χ1n) is 6.78. The Morgan fingerprint density at radius 3 is 2.78 bits per heavy atom. The monoisotopic (exact) mass is 255 g/mol. The van der Waals surface area contributed by atoms with E-state index >= 15 is 0 Å². The maximum absolute atomic E-state index is 11.7. The van der Waals surface area contributed by atoms with Gasteiger partial charge < -0.3 is 15.4 Å². The van der Waals surface area contributed by atoms with Gasteiger partial charge >= 0.3 is 5.97 Å². The van der Waals surface area contributed by atoms with Crippen molar-refractivity contribution in [3.63, 3.8) is 0 Å². The van der Waals surface area contributed by atoms with Crippen molar-refractivity contribution in [2.24, 2.45) is 5.73 Å². The molecule has 18 heavy (non-hydrogen) atoms. The maximum Gasteiger partial charge on any atom is 0.325 e. The number of nitrogens with zero attached hydrogens (tertiary/aromatic N) is 2. The molecule has 1 saturated carbocycles. The van der Waals surface area contributed by atoms with Crippen molar-refractivity contribution < 1.29 is 9.53 Å². The summed E-state index contributed by atoms with van der Waals surface area (Å²) in [6, 6.07) is 0.964. The van der Waals surface area contributed by atoms with E-state index in [1.165, 1.54) is 7.11 Å². The number of ether oxygens (including phenoxy) is 1. The lowest BCUT2D eigenvalue weighted by molar-refractivity contribution is -0.147. The van der Waals surface area contributed by atoms with Gasteiger partial charge in [-0.05, 0) is 33.2 Å². The van der Waals surface area contributed by atoms with E-state index in [9.17, 15) is 4.79 Å². The predicted octanol–water partition coefficient (Wildman–Crippen LogP) is 0.0453. The Balaban J connectivity index is 1.98. The molecule has 3 unspecified atom stereocenters. The quantitative estimate of drug-likeness (QED) is 0.706. The fourth-order valence-corrected chi connectivity index (χ4v) is 3.42. The van der Waals surface area contributed by atoms with Gasteiger partial charge in [0.2, 0.25) is 0 Å². The first-order valence-corrected chi connectivity index (χ1v) is 6.78. The van der Waals surface area contributed by atoms with Gasteiger partial charge in [0, 0.05) is 31.7 Å². The highest BCUT2D eigenvalue weighted by Crippen LogP contribution is 2.33. The van der Waals surface area contributed by atoms with E-state index in [-0.39, 0.29) is 5.97 Å². The van der Waals surface area contributed by atoms with Gasteiger partial charge in [-0.15, -0.1) is 0 Å². The molecule has 1 aliphatic carbocycles. The van der Waals surface area contributed by atoms with Crippen LogP contribution >= 0.6 is 0 Å². The highest BCUT2D eigenvalue weighted by atomic mass is 16.5. The molecule has 0 spiro atoms. The zero-order valence-electron chi connectivity index (χ0n) is 11.7. The van der Waals surface area contributed by atoms with Gasteiger partial charge in [0.25, 0.3) is 0 Å². The molecule has 2 aliphatic rings. The molecule has 104 valence electrons. The van der Waals surface area contributed by atoms with E-state index in [2.05, 4.69) is 23.8 Å². The van der Waals surface area contributed by atoms with E-state index in [1.807, 2.05) is 0 Å². The molecule has 0 radical (unpaired) electrons. The van der Waals surface area contributed by atoms with Gasteiger partial charge in [-0.2, -0.15) is 0 Å². The van der Waals surface area contributed by atoms with Crippen LogP contribution in [0.4, 0.5) is 0 Å². The third-order valence-electron chi connectivity index (χ3n) is 4.47. The lowest BCUT2D eigenvalue weighted by Crippen LogP contribution is -2.55. The molecule has 5 heteroatoms. The second kappa shape index (κ2) is 5.15. The minimum atomic E-state index is -0.761. The predicted molar refractivity (Wildman–Crippen MR) is 70.2 cm³/mol. The van der Waals surface area contributed by atoms with E-state index < -0.39 is 5.54 Å². The molecule has 1 saturated heterocycles. The van der Waals surface area contributed by atoms with E-state index in [4.69, 9.17) is 10.5 Å². The summed E-state index contributed by atoms with van der Waals surface area (Å²) in [5.41, 5.74) is 5.41. The average molecular weight is 255 g/mol. The van der Waals surface area contributed by atoms with E-state index in [0.717, 1.165) is 38.9 Å². The summed E-state index contributed by atoms with van der Waals surface area (Å²) < 4.78 is 4.83. The summed E-state index contributed by atoms with van der Waals surface area (Å²) in [5.74, 6) is -0.258. The summed E-state index contributed by atoms with van der Waals surface area (Å²) in [5, 5.41) is 0. The molecular weight excluding hydrogens is 230 g/mol. The number of nitrogens with two attached hydrogens (primary N) is 1. The van der Waals surface area contributed by atoms with Crippen LogP contribution in [0, 0.1) is 0 Å². The number of hydrogen-bond donors (Lipinski definition) is 1. The highest BCUT2D eigenvalue weighted by molar-refractivity contribution is 5.81. The third kappa shape index (κ3) is 2.53. The molecule has 0 aromatic heterocycles. The Morgan fingerprint density at radius 1 is 1.44 bits per heavy atom.